The minimum absolute atomic E-state index is 0.0517. The molecule has 3 aliphatic rings. The lowest BCUT2D eigenvalue weighted by Gasteiger charge is -2.17. The van der Waals surface area contributed by atoms with E-state index in [0.29, 0.717) is 24.3 Å². The fraction of sp³-hybridized carbons (Fsp3) is 0.211. The van der Waals surface area contributed by atoms with Gasteiger partial charge < -0.3 is 10.6 Å². The predicted octanol–water partition coefficient (Wildman–Crippen LogP) is 0.234. The van der Waals surface area contributed by atoms with Crippen molar-refractivity contribution in [1.82, 2.24) is 14.8 Å². The van der Waals surface area contributed by atoms with Gasteiger partial charge in [-0.3, -0.25) is 29.1 Å². The average Bonchev–Trinajstić information content (AvgIpc) is 3.33. The van der Waals surface area contributed by atoms with Crippen LogP contribution < -0.4 is 21.5 Å². The molecule has 146 valence electrons. The molecule has 5 amide bonds. The van der Waals surface area contributed by atoms with Crippen LogP contribution in [0, 0.1) is 0 Å². The lowest BCUT2D eigenvalue weighted by atomic mass is 10.1. The minimum atomic E-state index is -0.665. The molecule has 1 aromatic carbocycles. The number of anilines is 2. The Bertz CT molecular complexity index is 1160. The van der Waals surface area contributed by atoms with E-state index < -0.39 is 23.4 Å². The zero-order chi connectivity index (χ0) is 20.4. The maximum Gasteiger partial charge on any atom is 0.332 e. The molecule has 5 rings (SSSR count). The summed E-state index contributed by atoms with van der Waals surface area (Å²) in [6, 6.07) is 6.43. The highest BCUT2D eigenvalue weighted by atomic mass is 16.2. The van der Waals surface area contributed by atoms with Crippen LogP contribution in [0.4, 0.5) is 16.3 Å². The highest BCUT2D eigenvalue weighted by Gasteiger charge is 2.47. The summed E-state index contributed by atoms with van der Waals surface area (Å²) in [6.07, 6.45) is 1.46. The van der Waals surface area contributed by atoms with E-state index >= 15 is 0 Å². The van der Waals surface area contributed by atoms with E-state index in [0.717, 1.165) is 22.0 Å². The van der Waals surface area contributed by atoms with Crippen molar-refractivity contribution < 1.29 is 19.2 Å². The van der Waals surface area contributed by atoms with Crippen molar-refractivity contribution in [3.63, 3.8) is 0 Å². The van der Waals surface area contributed by atoms with E-state index in [1.54, 1.807) is 4.90 Å². The number of pyridine rings is 1. The van der Waals surface area contributed by atoms with Crippen molar-refractivity contribution in [2.24, 2.45) is 0 Å². The third-order valence-corrected chi connectivity index (χ3v) is 5.51. The van der Waals surface area contributed by atoms with Crippen LogP contribution in [0.1, 0.15) is 33.6 Å². The molecular formula is C19H15N5O5. The molecule has 1 aromatic heterocycles. The molecule has 3 aliphatic heterocycles. The van der Waals surface area contributed by atoms with Gasteiger partial charge in [0.05, 0.1) is 22.5 Å². The Morgan fingerprint density at radius 1 is 0.966 bits per heavy atom. The van der Waals surface area contributed by atoms with Crippen LogP contribution >= 0.6 is 0 Å². The summed E-state index contributed by atoms with van der Waals surface area (Å²) in [4.78, 5) is 64.0. The van der Waals surface area contributed by atoms with E-state index in [9.17, 15) is 24.0 Å². The van der Waals surface area contributed by atoms with E-state index in [1.807, 2.05) is 0 Å². The second-order valence-corrected chi connectivity index (χ2v) is 7.10. The maximum absolute atomic E-state index is 12.6. The van der Waals surface area contributed by atoms with Crippen molar-refractivity contribution in [3.05, 3.63) is 51.8 Å². The quantitative estimate of drug-likeness (QED) is 0.554. The van der Waals surface area contributed by atoms with Crippen LogP contribution in [-0.2, 0) is 4.79 Å². The van der Waals surface area contributed by atoms with Gasteiger partial charge in [-0.05, 0) is 37.1 Å². The monoisotopic (exact) mass is 393 g/mol. The number of rotatable bonds is 2. The van der Waals surface area contributed by atoms with Crippen molar-refractivity contribution >= 4 is 35.3 Å². The molecule has 10 nitrogen and oxygen atoms in total. The fourth-order valence-electron chi connectivity index (χ4n) is 4.16. The van der Waals surface area contributed by atoms with Crippen molar-refractivity contribution in [1.29, 1.82) is 0 Å². The molecule has 0 spiro atoms. The number of amides is 5. The number of nitrogens with two attached hydrogens (primary N) is 1. The number of carbonyl (C=O) groups is 4. The smallest absolute Gasteiger partial charge is 0.332 e. The zero-order valence-electron chi connectivity index (χ0n) is 15.0. The zero-order valence-corrected chi connectivity index (χ0v) is 15.0. The first-order valence-corrected chi connectivity index (χ1v) is 9.04. The van der Waals surface area contributed by atoms with Crippen LogP contribution in [0.3, 0.4) is 0 Å². The van der Waals surface area contributed by atoms with Gasteiger partial charge in [0.15, 0.2) is 0 Å². The lowest BCUT2D eigenvalue weighted by Crippen LogP contribution is -2.33. The molecule has 4 heterocycles. The first-order valence-electron chi connectivity index (χ1n) is 9.04. The third kappa shape index (κ3) is 2.25. The van der Waals surface area contributed by atoms with Gasteiger partial charge in [-0.25, -0.2) is 9.69 Å². The summed E-state index contributed by atoms with van der Waals surface area (Å²) in [5, 5.41) is 2.11. The van der Waals surface area contributed by atoms with E-state index in [-0.39, 0.29) is 28.9 Å². The third-order valence-electron chi connectivity index (χ3n) is 5.51. The molecular weight excluding hydrogens is 378 g/mol. The maximum atomic E-state index is 12.6. The van der Waals surface area contributed by atoms with Crippen LogP contribution in [-0.4, -0.2) is 45.8 Å². The Hall–Kier alpha value is -3.95. The van der Waals surface area contributed by atoms with E-state index in [1.165, 1.54) is 24.3 Å². The van der Waals surface area contributed by atoms with Crippen LogP contribution in [0.5, 0.6) is 0 Å². The van der Waals surface area contributed by atoms with Crippen molar-refractivity contribution in [2.75, 3.05) is 17.2 Å². The number of hydrogen-bond acceptors (Lipinski definition) is 6. The molecule has 1 atom stereocenters. The second kappa shape index (κ2) is 5.77. The van der Waals surface area contributed by atoms with Crippen molar-refractivity contribution in [2.45, 2.75) is 18.9 Å². The van der Waals surface area contributed by atoms with Crippen LogP contribution in [0.2, 0.25) is 0 Å². The molecule has 0 radical (unpaired) electrons. The van der Waals surface area contributed by atoms with Crippen LogP contribution in [0.25, 0.3) is 5.69 Å². The Kier molecular flexibility index (Phi) is 3.42. The number of aromatic nitrogens is 1. The summed E-state index contributed by atoms with van der Waals surface area (Å²) in [6.45, 7) is 0.561. The number of urea groups is 1. The van der Waals surface area contributed by atoms with Gasteiger partial charge in [0.1, 0.15) is 11.9 Å². The predicted molar refractivity (Wildman–Crippen MR) is 101 cm³/mol. The molecule has 2 fully saturated rings. The van der Waals surface area contributed by atoms with Gasteiger partial charge in [0, 0.05) is 12.6 Å². The Labute approximate surface area is 163 Å². The Morgan fingerprint density at radius 3 is 2.34 bits per heavy atom. The number of nitrogens with one attached hydrogen (secondary N) is 1. The largest absolute Gasteiger partial charge is 0.384 e. The molecule has 2 aromatic rings. The standard InChI is InChI=1S/C19H15N5O5/c20-15-14-11(16(26)21-17(14)27)8-13(25)23(15)9-3-5-10(6-4-9)24-18(28)12-2-1-7-22(12)19(24)29/h3-6,8,12H,1-2,7,20H2,(H,21,26,27). The van der Waals surface area contributed by atoms with E-state index in [2.05, 4.69) is 5.32 Å². The fourth-order valence-corrected chi connectivity index (χ4v) is 4.16. The molecule has 0 aliphatic carbocycles. The second-order valence-electron chi connectivity index (χ2n) is 7.10. The Morgan fingerprint density at radius 2 is 1.66 bits per heavy atom. The highest BCUT2D eigenvalue weighted by molar-refractivity contribution is 6.23. The molecule has 10 heteroatoms. The molecule has 0 saturated carbocycles. The minimum Gasteiger partial charge on any atom is -0.384 e. The average molecular weight is 393 g/mol. The molecule has 2 saturated heterocycles. The molecule has 1 unspecified atom stereocenters. The number of nitrogen functional groups attached to an aromatic ring is 1. The number of nitrogens with zero attached hydrogens (tertiary/aromatic N) is 3. The molecule has 29 heavy (non-hydrogen) atoms. The Balaban J connectivity index is 1.54. The molecule has 3 N–H and O–H groups in total. The first kappa shape index (κ1) is 17.2. The number of benzene rings is 1. The summed E-state index contributed by atoms with van der Waals surface area (Å²) >= 11 is 0. The van der Waals surface area contributed by atoms with Gasteiger partial charge in [0.25, 0.3) is 23.3 Å². The molecule has 0 bridgehead atoms. The van der Waals surface area contributed by atoms with Gasteiger partial charge in [-0.1, -0.05) is 0 Å². The lowest BCUT2D eigenvalue weighted by molar-refractivity contribution is -0.119. The summed E-state index contributed by atoms with van der Waals surface area (Å²) in [5.41, 5.74) is 6.05. The summed E-state index contributed by atoms with van der Waals surface area (Å²) in [7, 11) is 0. The normalized spacial score (nSPS) is 20.3. The summed E-state index contributed by atoms with van der Waals surface area (Å²) < 4.78 is 1.10. The van der Waals surface area contributed by atoms with Crippen LogP contribution in [0.15, 0.2) is 35.1 Å². The SMILES string of the molecule is Nc1c2c(cc(=O)n1-c1ccc(N3C(=O)C4CCCN4C3=O)cc1)C(=O)NC2=O. The summed E-state index contributed by atoms with van der Waals surface area (Å²) in [5.74, 6) is -1.74. The topological polar surface area (TPSA) is 135 Å². The van der Waals surface area contributed by atoms with Crippen molar-refractivity contribution in [3.8, 4) is 5.69 Å². The van der Waals surface area contributed by atoms with Gasteiger partial charge in [-0.15, -0.1) is 0 Å². The highest BCUT2D eigenvalue weighted by Crippen LogP contribution is 2.32. The first-order chi connectivity index (χ1) is 13.9. The number of fused-ring (bicyclic) bond motifs is 2. The number of carbonyl (C=O) groups excluding carboxylic acids is 4. The number of hydrogen-bond donors (Lipinski definition) is 2. The van der Waals surface area contributed by atoms with Gasteiger partial charge in [-0.2, -0.15) is 0 Å². The number of imide groups is 2. The van der Waals surface area contributed by atoms with Gasteiger partial charge >= 0.3 is 6.03 Å². The van der Waals surface area contributed by atoms with Gasteiger partial charge in [0.2, 0.25) is 0 Å². The van der Waals surface area contributed by atoms with E-state index in [4.69, 9.17) is 5.73 Å².